The van der Waals surface area contributed by atoms with Crippen molar-refractivity contribution in [1.29, 1.82) is 0 Å². The highest BCUT2D eigenvalue weighted by Gasteiger charge is 2.37. The number of benzene rings is 3. The number of hydrogen-bond donors (Lipinski definition) is 1. The molecule has 0 spiro atoms. The van der Waals surface area contributed by atoms with Crippen LogP contribution in [0.15, 0.2) is 60.7 Å². The zero-order chi connectivity index (χ0) is 25.8. The minimum atomic E-state index is 0.0973. The molecule has 3 aromatic rings. The van der Waals surface area contributed by atoms with E-state index < -0.39 is 0 Å². The first-order valence-corrected chi connectivity index (χ1v) is 13.3. The lowest BCUT2D eigenvalue weighted by Crippen LogP contribution is -2.33. The van der Waals surface area contributed by atoms with Crippen LogP contribution in [0.4, 0.5) is 11.4 Å². The van der Waals surface area contributed by atoms with Crippen molar-refractivity contribution in [3.63, 3.8) is 0 Å². The highest BCUT2D eigenvalue weighted by Crippen LogP contribution is 2.47. The average Bonchev–Trinajstić information content (AvgIpc) is 2.76. The van der Waals surface area contributed by atoms with Crippen molar-refractivity contribution in [3.8, 4) is 11.1 Å². The molecule has 0 atom stereocenters. The van der Waals surface area contributed by atoms with Gasteiger partial charge in [-0.3, -0.25) is 0 Å². The summed E-state index contributed by atoms with van der Waals surface area (Å²) in [6.07, 6.45) is 2.46. The molecule has 0 bridgehead atoms. The Balaban J connectivity index is 1.78. The van der Waals surface area contributed by atoms with Crippen LogP contribution in [-0.2, 0) is 21.7 Å². The Bertz CT molecular complexity index is 1210. The Labute approximate surface area is 214 Å². The molecule has 0 radical (unpaired) electrons. The second kappa shape index (κ2) is 8.54. The van der Waals surface area contributed by atoms with Gasteiger partial charge in [-0.05, 0) is 86.6 Å². The molecule has 1 nitrogen and oxygen atoms in total. The molecular weight excluding hydrogens is 422 g/mol. The Hall–Kier alpha value is -2.54. The standard InChI is InChI=1S/C34H45N/c1-31(2,3)24-13-11-23(12-14-24)27-21-25(32(4,5)6)15-18-30(27)35-26-16-17-28-29(22-26)34(9,10)20-19-33(28,7)8/h11-18,21-22,35H,19-20H2,1-10H3. The Morgan fingerprint density at radius 1 is 0.600 bits per heavy atom. The van der Waals surface area contributed by atoms with Crippen LogP contribution < -0.4 is 5.32 Å². The summed E-state index contributed by atoms with van der Waals surface area (Å²) in [5.41, 5.74) is 11.2. The molecule has 0 unspecified atom stereocenters. The maximum absolute atomic E-state index is 3.81. The maximum atomic E-state index is 3.81. The maximum Gasteiger partial charge on any atom is 0.0464 e. The van der Waals surface area contributed by atoms with Gasteiger partial charge in [-0.2, -0.15) is 0 Å². The molecule has 0 aromatic heterocycles. The SMILES string of the molecule is CC(C)(C)c1ccc(-c2cc(C(C)(C)C)ccc2Nc2ccc3c(c2)C(C)(C)CCC3(C)C)cc1. The quantitative estimate of drug-likeness (QED) is 0.404. The summed E-state index contributed by atoms with van der Waals surface area (Å²) in [4.78, 5) is 0. The predicted octanol–water partition coefficient (Wildman–Crippen LogP) is 10.0. The van der Waals surface area contributed by atoms with Gasteiger partial charge in [0.2, 0.25) is 0 Å². The number of rotatable bonds is 3. The molecule has 0 saturated carbocycles. The molecule has 1 heteroatoms. The summed E-state index contributed by atoms with van der Waals surface area (Å²) < 4.78 is 0. The lowest BCUT2D eigenvalue weighted by Gasteiger charge is -2.42. The van der Waals surface area contributed by atoms with Gasteiger partial charge < -0.3 is 5.32 Å². The van der Waals surface area contributed by atoms with Crippen LogP contribution in [0.25, 0.3) is 11.1 Å². The van der Waals surface area contributed by atoms with Crippen LogP contribution >= 0.6 is 0 Å². The number of hydrogen-bond acceptors (Lipinski definition) is 1. The summed E-state index contributed by atoms with van der Waals surface area (Å²) in [6.45, 7) is 23.2. The first-order valence-electron chi connectivity index (χ1n) is 13.3. The van der Waals surface area contributed by atoms with Gasteiger partial charge in [0.1, 0.15) is 0 Å². The smallest absolute Gasteiger partial charge is 0.0464 e. The number of nitrogens with one attached hydrogen (secondary N) is 1. The molecule has 4 rings (SSSR count). The fourth-order valence-corrected chi connectivity index (χ4v) is 5.33. The fourth-order valence-electron chi connectivity index (χ4n) is 5.33. The third-order valence-corrected chi connectivity index (χ3v) is 8.08. The fraction of sp³-hybridized carbons (Fsp3) is 0.471. The molecule has 0 heterocycles. The normalized spacial score (nSPS) is 17.1. The van der Waals surface area contributed by atoms with Crippen LogP contribution in [0, 0.1) is 0 Å². The van der Waals surface area contributed by atoms with Crippen molar-refractivity contribution >= 4 is 11.4 Å². The largest absolute Gasteiger partial charge is 0.355 e. The van der Waals surface area contributed by atoms with E-state index in [1.54, 1.807) is 0 Å². The molecule has 186 valence electrons. The van der Waals surface area contributed by atoms with Crippen LogP contribution in [0.3, 0.4) is 0 Å². The summed E-state index contributed by atoms with van der Waals surface area (Å²) in [6, 6.07) is 23.1. The summed E-state index contributed by atoms with van der Waals surface area (Å²) >= 11 is 0. The minimum Gasteiger partial charge on any atom is -0.355 e. The second-order valence-electron chi connectivity index (χ2n) is 14.0. The molecule has 1 N–H and O–H groups in total. The van der Waals surface area contributed by atoms with E-state index in [9.17, 15) is 0 Å². The molecule has 0 fully saturated rings. The number of anilines is 2. The van der Waals surface area contributed by atoms with Gasteiger partial charge in [0.25, 0.3) is 0 Å². The molecule has 1 aliphatic carbocycles. The van der Waals surface area contributed by atoms with Crippen LogP contribution in [0.2, 0.25) is 0 Å². The Morgan fingerprint density at radius 2 is 1.14 bits per heavy atom. The molecule has 1 aliphatic rings. The van der Waals surface area contributed by atoms with E-state index in [-0.39, 0.29) is 21.7 Å². The summed E-state index contributed by atoms with van der Waals surface area (Å²) in [7, 11) is 0. The monoisotopic (exact) mass is 467 g/mol. The molecule has 35 heavy (non-hydrogen) atoms. The van der Waals surface area contributed by atoms with Crippen molar-refractivity contribution in [2.45, 2.75) is 104 Å². The van der Waals surface area contributed by atoms with Gasteiger partial charge in [-0.15, -0.1) is 0 Å². The number of fused-ring (bicyclic) bond motifs is 1. The van der Waals surface area contributed by atoms with Crippen LogP contribution in [-0.4, -0.2) is 0 Å². The van der Waals surface area contributed by atoms with Gasteiger partial charge in [-0.1, -0.05) is 106 Å². The van der Waals surface area contributed by atoms with E-state index in [0.717, 1.165) is 5.69 Å². The van der Waals surface area contributed by atoms with E-state index in [1.165, 1.54) is 51.9 Å². The Morgan fingerprint density at radius 3 is 1.71 bits per heavy atom. The van der Waals surface area contributed by atoms with E-state index in [2.05, 4.69) is 135 Å². The molecule has 3 aromatic carbocycles. The van der Waals surface area contributed by atoms with Gasteiger partial charge in [-0.25, -0.2) is 0 Å². The second-order valence-corrected chi connectivity index (χ2v) is 14.0. The van der Waals surface area contributed by atoms with Gasteiger partial charge in [0, 0.05) is 16.9 Å². The zero-order valence-corrected chi connectivity index (χ0v) is 23.7. The highest BCUT2D eigenvalue weighted by molar-refractivity contribution is 5.82. The summed E-state index contributed by atoms with van der Waals surface area (Å²) in [5, 5.41) is 3.81. The van der Waals surface area contributed by atoms with Crippen molar-refractivity contribution in [2.75, 3.05) is 5.32 Å². The topological polar surface area (TPSA) is 12.0 Å². The first-order chi connectivity index (χ1) is 16.1. The Kier molecular flexibility index (Phi) is 6.23. The van der Waals surface area contributed by atoms with Gasteiger partial charge in [0.05, 0.1) is 0 Å². The third kappa shape index (κ3) is 5.20. The van der Waals surface area contributed by atoms with Gasteiger partial charge >= 0.3 is 0 Å². The van der Waals surface area contributed by atoms with E-state index >= 15 is 0 Å². The van der Waals surface area contributed by atoms with Crippen LogP contribution in [0.5, 0.6) is 0 Å². The lowest BCUT2D eigenvalue weighted by atomic mass is 9.63. The minimum absolute atomic E-state index is 0.0973. The zero-order valence-electron chi connectivity index (χ0n) is 23.7. The van der Waals surface area contributed by atoms with Crippen molar-refractivity contribution in [1.82, 2.24) is 0 Å². The van der Waals surface area contributed by atoms with Crippen LogP contribution in [0.1, 0.15) is 104 Å². The van der Waals surface area contributed by atoms with Gasteiger partial charge in [0.15, 0.2) is 0 Å². The first kappa shape index (κ1) is 25.5. The molecule has 0 amide bonds. The van der Waals surface area contributed by atoms with Crippen molar-refractivity contribution in [3.05, 3.63) is 82.9 Å². The highest BCUT2D eigenvalue weighted by atomic mass is 14.9. The van der Waals surface area contributed by atoms with Crippen molar-refractivity contribution < 1.29 is 0 Å². The lowest BCUT2D eigenvalue weighted by molar-refractivity contribution is 0.332. The molecular formula is C34H45N. The average molecular weight is 468 g/mol. The molecule has 0 saturated heterocycles. The van der Waals surface area contributed by atoms with E-state index in [0.29, 0.717) is 0 Å². The van der Waals surface area contributed by atoms with E-state index in [4.69, 9.17) is 0 Å². The summed E-state index contributed by atoms with van der Waals surface area (Å²) in [5.74, 6) is 0. The predicted molar refractivity (Wildman–Crippen MR) is 154 cm³/mol. The van der Waals surface area contributed by atoms with Crippen molar-refractivity contribution in [2.24, 2.45) is 0 Å². The third-order valence-electron chi connectivity index (χ3n) is 8.08. The molecule has 0 aliphatic heterocycles. The van der Waals surface area contributed by atoms with E-state index in [1.807, 2.05) is 0 Å².